The molecule has 0 spiro atoms. The van der Waals surface area contributed by atoms with Gasteiger partial charge in [0.15, 0.2) is 5.82 Å². The summed E-state index contributed by atoms with van der Waals surface area (Å²) in [4.78, 5) is 13.5. The Morgan fingerprint density at radius 3 is 2.55 bits per heavy atom. The van der Waals surface area contributed by atoms with Gasteiger partial charge in [-0.25, -0.2) is 9.37 Å². The fraction of sp³-hybridized carbons (Fsp3) is 0. The molecule has 0 unspecified atom stereocenters. The van der Waals surface area contributed by atoms with E-state index in [-0.39, 0.29) is 5.69 Å². The fourth-order valence-corrected chi connectivity index (χ4v) is 2.56. The van der Waals surface area contributed by atoms with Crippen LogP contribution in [0.15, 0.2) is 47.6 Å². The lowest BCUT2D eigenvalue weighted by Crippen LogP contribution is -2.16. The third-order valence-corrected chi connectivity index (χ3v) is 3.62. The maximum Gasteiger partial charge on any atom is 0.293 e. The normalized spacial score (nSPS) is 11.1. The molecule has 0 radical (unpaired) electrons. The van der Waals surface area contributed by atoms with Crippen LogP contribution in [0.2, 0.25) is 0 Å². The zero-order valence-electron chi connectivity index (χ0n) is 9.86. The van der Waals surface area contributed by atoms with Gasteiger partial charge in [0.05, 0.1) is 4.92 Å². The second-order valence-corrected chi connectivity index (χ2v) is 5.27. The van der Waals surface area contributed by atoms with Gasteiger partial charge in [-0.15, -0.1) is 0 Å². The van der Waals surface area contributed by atoms with E-state index in [4.69, 9.17) is 0 Å². The molecule has 0 aliphatic heterocycles. The van der Waals surface area contributed by atoms with Gasteiger partial charge in [0.25, 0.3) is 15.7 Å². The minimum absolute atomic E-state index is 0.262. The quantitative estimate of drug-likeness (QED) is 0.686. The zero-order valence-corrected chi connectivity index (χ0v) is 10.7. The summed E-state index contributed by atoms with van der Waals surface area (Å²) in [6.45, 7) is 0. The Kier molecular flexibility index (Phi) is 3.61. The molecular formula is C11H8FN3O4S. The standard InChI is InChI=1S/C11H8FN3O4S/c12-8-4-3-7-13-11(8)20(18,19)14-9-5-1-2-6-10(9)15(16)17/h1-7,14H. The number of hydrogen-bond donors (Lipinski definition) is 1. The highest BCUT2D eigenvalue weighted by Crippen LogP contribution is 2.26. The van der Waals surface area contributed by atoms with Crippen molar-refractivity contribution in [3.05, 3.63) is 58.5 Å². The number of nitro benzene ring substituents is 1. The first-order valence-corrected chi connectivity index (χ1v) is 6.77. The van der Waals surface area contributed by atoms with Crippen molar-refractivity contribution in [2.24, 2.45) is 0 Å². The van der Waals surface area contributed by atoms with Gasteiger partial charge in [-0.3, -0.25) is 14.8 Å². The molecule has 2 aromatic rings. The van der Waals surface area contributed by atoms with Gasteiger partial charge in [0.1, 0.15) is 5.69 Å². The highest BCUT2D eigenvalue weighted by Gasteiger charge is 2.24. The van der Waals surface area contributed by atoms with Crippen LogP contribution in [0, 0.1) is 15.9 Å². The number of nitro groups is 1. The van der Waals surface area contributed by atoms with Crippen molar-refractivity contribution in [3.63, 3.8) is 0 Å². The predicted octanol–water partition coefficient (Wildman–Crippen LogP) is 1.93. The number of halogens is 1. The lowest BCUT2D eigenvalue weighted by atomic mass is 10.3. The first-order chi connectivity index (χ1) is 9.42. The molecule has 1 aromatic carbocycles. The molecule has 0 aliphatic rings. The van der Waals surface area contributed by atoms with Crippen LogP contribution in [-0.2, 0) is 10.0 Å². The van der Waals surface area contributed by atoms with Crippen molar-refractivity contribution >= 4 is 21.4 Å². The van der Waals surface area contributed by atoms with E-state index in [9.17, 15) is 22.9 Å². The maximum atomic E-state index is 13.4. The van der Waals surface area contributed by atoms with Gasteiger partial charge in [-0.1, -0.05) is 12.1 Å². The van der Waals surface area contributed by atoms with Crippen LogP contribution in [0.3, 0.4) is 0 Å². The molecule has 0 saturated carbocycles. The molecule has 20 heavy (non-hydrogen) atoms. The number of pyridine rings is 1. The number of nitrogens with zero attached hydrogens (tertiary/aromatic N) is 2. The lowest BCUT2D eigenvalue weighted by molar-refractivity contribution is -0.383. The highest BCUT2D eigenvalue weighted by molar-refractivity contribution is 7.92. The fourth-order valence-electron chi connectivity index (χ4n) is 1.48. The monoisotopic (exact) mass is 297 g/mol. The highest BCUT2D eigenvalue weighted by atomic mass is 32.2. The van der Waals surface area contributed by atoms with E-state index in [1.807, 2.05) is 4.72 Å². The molecule has 1 heterocycles. The van der Waals surface area contributed by atoms with Crippen LogP contribution < -0.4 is 4.72 Å². The summed E-state index contributed by atoms with van der Waals surface area (Å²) in [5.41, 5.74) is -0.699. The zero-order chi connectivity index (χ0) is 14.8. The first-order valence-electron chi connectivity index (χ1n) is 5.28. The number of benzene rings is 1. The van der Waals surface area contributed by atoms with Gasteiger partial charge in [-0.2, -0.15) is 8.42 Å². The molecule has 0 saturated heterocycles. The van der Waals surface area contributed by atoms with E-state index in [2.05, 4.69) is 4.98 Å². The molecule has 0 bridgehead atoms. The summed E-state index contributed by atoms with van der Waals surface area (Å²) >= 11 is 0. The number of anilines is 1. The SMILES string of the molecule is O=[N+]([O-])c1ccccc1NS(=O)(=O)c1ncccc1F. The topological polar surface area (TPSA) is 102 Å². The molecule has 1 aromatic heterocycles. The molecule has 9 heteroatoms. The first kappa shape index (κ1) is 13.9. The number of aromatic nitrogens is 1. The summed E-state index contributed by atoms with van der Waals surface area (Å²) in [6, 6.07) is 7.31. The average Bonchev–Trinajstić information content (AvgIpc) is 2.39. The second kappa shape index (κ2) is 5.21. The van der Waals surface area contributed by atoms with Crippen LogP contribution >= 0.6 is 0 Å². The van der Waals surface area contributed by atoms with Crippen LogP contribution in [0.1, 0.15) is 0 Å². The number of hydrogen-bond acceptors (Lipinski definition) is 5. The third kappa shape index (κ3) is 2.72. The molecule has 1 N–H and O–H groups in total. The van der Waals surface area contributed by atoms with Crippen molar-refractivity contribution in [3.8, 4) is 0 Å². The van der Waals surface area contributed by atoms with Crippen molar-refractivity contribution in [1.82, 2.24) is 4.98 Å². The van der Waals surface area contributed by atoms with Crippen LogP contribution in [0.25, 0.3) is 0 Å². The van der Waals surface area contributed by atoms with Crippen molar-refractivity contribution in [1.29, 1.82) is 0 Å². The number of para-hydroxylation sites is 2. The van der Waals surface area contributed by atoms with E-state index >= 15 is 0 Å². The van der Waals surface area contributed by atoms with Gasteiger partial charge >= 0.3 is 0 Å². The Morgan fingerprint density at radius 1 is 1.20 bits per heavy atom. The average molecular weight is 297 g/mol. The Hall–Kier alpha value is -2.55. The summed E-state index contributed by atoms with van der Waals surface area (Å²) in [5, 5.41) is 9.97. The second-order valence-electron chi connectivity index (χ2n) is 3.67. The van der Waals surface area contributed by atoms with E-state index in [1.54, 1.807) is 0 Å². The molecule has 2 rings (SSSR count). The smallest absolute Gasteiger partial charge is 0.272 e. The molecule has 0 aliphatic carbocycles. The summed E-state index contributed by atoms with van der Waals surface area (Å²) in [7, 11) is -4.34. The Labute approximate surface area is 113 Å². The van der Waals surface area contributed by atoms with Crippen LogP contribution in [0.5, 0.6) is 0 Å². The van der Waals surface area contributed by atoms with Crippen molar-refractivity contribution < 1.29 is 17.7 Å². The Balaban J connectivity index is 2.45. The summed E-state index contributed by atoms with van der Waals surface area (Å²) in [5.74, 6) is -1.04. The minimum Gasteiger partial charge on any atom is -0.272 e. The van der Waals surface area contributed by atoms with Crippen molar-refractivity contribution in [2.45, 2.75) is 5.03 Å². The molecule has 104 valence electrons. The predicted molar refractivity (Wildman–Crippen MR) is 68.1 cm³/mol. The van der Waals surface area contributed by atoms with Crippen molar-refractivity contribution in [2.75, 3.05) is 4.72 Å². The Bertz CT molecular complexity index is 764. The molecular weight excluding hydrogens is 289 g/mol. The number of sulfonamides is 1. The van der Waals surface area contributed by atoms with Gasteiger partial charge in [-0.05, 0) is 18.2 Å². The summed E-state index contributed by atoms with van der Waals surface area (Å²) in [6.07, 6.45) is 1.11. The lowest BCUT2D eigenvalue weighted by Gasteiger charge is -2.08. The molecule has 0 atom stereocenters. The number of rotatable bonds is 4. The minimum atomic E-state index is -4.34. The summed E-state index contributed by atoms with van der Waals surface area (Å²) < 4.78 is 39.3. The van der Waals surface area contributed by atoms with E-state index in [0.717, 1.165) is 18.3 Å². The van der Waals surface area contributed by atoms with Gasteiger partial charge in [0, 0.05) is 12.3 Å². The van der Waals surface area contributed by atoms with Gasteiger partial charge < -0.3 is 0 Å². The molecule has 0 fully saturated rings. The Morgan fingerprint density at radius 2 is 1.90 bits per heavy atom. The molecule has 0 amide bonds. The third-order valence-electron chi connectivity index (χ3n) is 2.32. The van der Waals surface area contributed by atoms with E-state index in [1.165, 1.54) is 24.3 Å². The molecule has 7 nitrogen and oxygen atoms in total. The largest absolute Gasteiger partial charge is 0.293 e. The van der Waals surface area contributed by atoms with Gasteiger partial charge in [0.2, 0.25) is 5.03 Å². The van der Waals surface area contributed by atoms with Crippen LogP contribution in [-0.4, -0.2) is 18.3 Å². The maximum absolute atomic E-state index is 13.4. The van der Waals surface area contributed by atoms with E-state index in [0.29, 0.717) is 0 Å². The van der Waals surface area contributed by atoms with E-state index < -0.39 is 31.5 Å². The van der Waals surface area contributed by atoms with Crippen LogP contribution in [0.4, 0.5) is 15.8 Å². The number of nitrogens with one attached hydrogen (secondary N) is 1.